The van der Waals surface area contributed by atoms with Gasteiger partial charge in [0, 0.05) is 66.5 Å². The minimum absolute atomic E-state index is 0.0489. The number of carbonyl (C=O) groups excluding carboxylic acids is 1. The Bertz CT molecular complexity index is 2480. The highest BCUT2D eigenvalue weighted by Crippen LogP contribution is 2.33. The lowest BCUT2D eigenvalue weighted by Gasteiger charge is -2.39. The van der Waals surface area contributed by atoms with E-state index in [1.54, 1.807) is 25.0 Å². The van der Waals surface area contributed by atoms with Crippen LogP contribution in [0, 0.1) is 23.2 Å². The number of nitrogens with zero attached hydrogens (tertiary/aromatic N) is 13. The van der Waals surface area contributed by atoms with Crippen molar-refractivity contribution in [2.75, 3.05) is 66.4 Å². The number of carbonyl (C=O) groups is 2. The summed E-state index contributed by atoms with van der Waals surface area (Å²) in [7, 11) is 7.89. The number of rotatable bonds is 11. The second kappa shape index (κ2) is 16.1. The number of amides is 1. The number of pyridine rings is 4. The van der Waals surface area contributed by atoms with Crippen molar-refractivity contribution >= 4 is 68.6 Å². The summed E-state index contributed by atoms with van der Waals surface area (Å²) in [5.74, 6) is 2.14. The molecule has 2 saturated heterocycles. The Morgan fingerprint density at radius 3 is 1.61 bits per heavy atom. The number of nitrogens with one attached hydrogen (secondary N) is 1. The molecule has 2 aliphatic heterocycles. The number of imidazole rings is 2. The Morgan fingerprint density at radius 2 is 1.19 bits per heavy atom. The summed E-state index contributed by atoms with van der Waals surface area (Å²) in [5, 5.41) is 20.3. The van der Waals surface area contributed by atoms with Crippen LogP contribution in [0.5, 0.6) is 0 Å². The Morgan fingerprint density at radius 1 is 0.737 bits per heavy atom. The number of aryl methyl sites for hydroxylation is 4. The molecule has 0 unspecified atom stereocenters. The first-order valence-corrected chi connectivity index (χ1v) is 18.9. The fourth-order valence-electron chi connectivity index (χ4n) is 7.05. The zero-order valence-electron chi connectivity index (χ0n) is 33.0. The molecular formula is C40H46N14O3. The summed E-state index contributed by atoms with van der Waals surface area (Å²) in [6.45, 7) is 6.52. The van der Waals surface area contributed by atoms with Gasteiger partial charge in [0.15, 0.2) is 0 Å². The quantitative estimate of drug-likeness (QED) is 0.180. The van der Waals surface area contributed by atoms with Gasteiger partial charge in [-0.3, -0.25) is 9.59 Å². The minimum Gasteiger partial charge on any atom is -0.481 e. The zero-order valence-corrected chi connectivity index (χ0v) is 33.0. The number of nitriles is 1. The average Bonchev–Trinajstić information content (AvgIpc) is 3.75. The van der Waals surface area contributed by atoms with Crippen LogP contribution in [-0.4, -0.2) is 103 Å². The maximum absolute atomic E-state index is 12.0. The summed E-state index contributed by atoms with van der Waals surface area (Å²) < 4.78 is 3.95. The maximum Gasteiger partial charge on any atom is 0.310 e. The maximum atomic E-state index is 12.0. The molecule has 8 rings (SSSR count). The van der Waals surface area contributed by atoms with Crippen LogP contribution in [0.4, 0.5) is 34.6 Å². The summed E-state index contributed by atoms with van der Waals surface area (Å²) >= 11 is 0. The van der Waals surface area contributed by atoms with Crippen LogP contribution in [0.1, 0.15) is 25.0 Å². The highest BCUT2D eigenvalue weighted by atomic mass is 16.4. The van der Waals surface area contributed by atoms with Gasteiger partial charge in [-0.2, -0.15) is 5.26 Å². The molecule has 0 aliphatic carbocycles. The Labute approximate surface area is 330 Å². The molecule has 57 heavy (non-hydrogen) atoms. The summed E-state index contributed by atoms with van der Waals surface area (Å²) in [6, 6.07) is 10.1. The van der Waals surface area contributed by atoms with Crippen molar-refractivity contribution in [3.63, 3.8) is 0 Å². The van der Waals surface area contributed by atoms with Crippen LogP contribution in [0.25, 0.3) is 22.1 Å². The molecule has 0 aromatic carbocycles. The van der Waals surface area contributed by atoms with Gasteiger partial charge in [-0.15, -0.1) is 0 Å². The van der Waals surface area contributed by atoms with E-state index in [9.17, 15) is 9.59 Å². The van der Waals surface area contributed by atoms with Gasteiger partial charge in [0.25, 0.3) is 0 Å². The van der Waals surface area contributed by atoms with E-state index in [4.69, 9.17) is 10.4 Å². The van der Waals surface area contributed by atoms with Gasteiger partial charge in [0.2, 0.25) is 5.91 Å². The van der Waals surface area contributed by atoms with Crippen molar-refractivity contribution in [2.45, 2.75) is 26.7 Å². The SMILES string of the molecule is CCc1cc(N2CC(C(=O)NCC#N)C2)ncc1N(C)c1cc2c(cn1)ncn2C.CCc1cc(N2CC(C(=O)O)C2)ncc1N(C)c1cc2c(cn1)ncn2C. The molecule has 2 fully saturated rings. The lowest BCUT2D eigenvalue weighted by Crippen LogP contribution is -2.54. The first-order chi connectivity index (χ1) is 27.5. The van der Waals surface area contributed by atoms with E-state index in [0.29, 0.717) is 26.2 Å². The number of carboxylic acid groups (broad SMARTS) is 1. The molecule has 294 valence electrons. The standard InChI is InChI=1S/C21H24N8O.C19H22N6O2/c1-4-14-7-20(29-11-15(12-29)21(30)23-6-5-22)25-10-18(14)28(3)19-8-17-16(9-24-19)26-13-27(17)2;1-4-12-5-18(25-9-13(10-25)19(26)27)21-8-16(12)24(3)17-6-15-14(7-20-17)22-11-23(15)2/h7-10,13,15H,4,6,11-12H2,1-3H3,(H,23,30);5-8,11,13H,4,9-10H2,1-3H3,(H,26,27). The predicted molar refractivity (Wildman–Crippen MR) is 218 cm³/mol. The second-order valence-corrected chi connectivity index (χ2v) is 14.4. The molecule has 17 heteroatoms. The number of hydrogen-bond donors (Lipinski definition) is 2. The highest BCUT2D eigenvalue weighted by molar-refractivity contribution is 5.83. The number of carboxylic acids is 1. The molecule has 6 aromatic rings. The molecule has 2 N–H and O–H groups in total. The third kappa shape index (κ3) is 7.70. The van der Waals surface area contributed by atoms with E-state index in [2.05, 4.69) is 60.0 Å². The van der Waals surface area contributed by atoms with E-state index >= 15 is 0 Å². The highest BCUT2D eigenvalue weighted by Gasteiger charge is 2.34. The first kappa shape index (κ1) is 38.4. The number of aliphatic carboxylic acids is 1. The van der Waals surface area contributed by atoms with E-state index in [-0.39, 0.29) is 24.3 Å². The van der Waals surface area contributed by atoms with Crippen molar-refractivity contribution in [3.05, 3.63) is 72.8 Å². The molecule has 6 aromatic heterocycles. The number of fused-ring (bicyclic) bond motifs is 2. The lowest BCUT2D eigenvalue weighted by molar-refractivity contribution is -0.142. The number of anilines is 6. The smallest absolute Gasteiger partial charge is 0.310 e. The number of hydrogen-bond acceptors (Lipinski definition) is 13. The molecule has 0 spiro atoms. The molecule has 0 radical (unpaired) electrons. The summed E-state index contributed by atoms with van der Waals surface area (Å²) in [6.07, 6.45) is 12.5. The van der Waals surface area contributed by atoms with Crippen LogP contribution in [0.2, 0.25) is 0 Å². The monoisotopic (exact) mass is 770 g/mol. The number of aromatic nitrogens is 8. The fraction of sp³-hybridized carbons (Fsp3) is 0.375. The molecule has 8 heterocycles. The first-order valence-electron chi connectivity index (χ1n) is 18.9. The molecule has 1 amide bonds. The van der Waals surface area contributed by atoms with Crippen molar-refractivity contribution in [2.24, 2.45) is 25.9 Å². The van der Waals surface area contributed by atoms with Crippen LogP contribution in [0.3, 0.4) is 0 Å². The fourth-order valence-corrected chi connectivity index (χ4v) is 7.05. The lowest BCUT2D eigenvalue weighted by atomic mass is 9.98. The van der Waals surface area contributed by atoms with Crippen molar-refractivity contribution < 1.29 is 14.7 Å². The topological polar surface area (TPSA) is 190 Å². The van der Waals surface area contributed by atoms with Crippen molar-refractivity contribution in [3.8, 4) is 6.07 Å². The molecule has 2 aliphatic rings. The average molecular weight is 771 g/mol. The van der Waals surface area contributed by atoms with Gasteiger partial charge in [0.1, 0.15) is 40.8 Å². The Balaban J connectivity index is 0.000000175. The Hall–Kier alpha value is -6.83. The molecule has 0 atom stereocenters. The van der Waals surface area contributed by atoms with E-state index in [0.717, 1.165) is 80.7 Å². The molecule has 0 bridgehead atoms. The third-order valence-electron chi connectivity index (χ3n) is 10.7. The van der Waals surface area contributed by atoms with Crippen LogP contribution in [-0.2, 0) is 36.5 Å². The van der Waals surface area contributed by atoms with Gasteiger partial charge in [0.05, 0.1) is 77.8 Å². The van der Waals surface area contributed by atoms with E-state index < -0.39 is 5.97 Å². The normalized spacial score (nSPS) is 14.1. The molecule has 17 nitrogen and oxygen atoms in total. The van der Waals surface area contributed by atoms with Gasteiger partial charge in [-0.1, -0.05) is 13.8 Å². The summed E-state index contributed by atoms with van der Waals surface area (Å²) in [4.78, 5) is 58.0. The molecular weight excluding hydrogens is 725 g/mol. The zero-order chi connectivity index (χ0) is 40.4. The largest absolute Gasteiger partial charge is 0.481 e. The molecule has 0 saturated carbocycles. The second-order valence-electron chi connectivity index (χ2n) is 14.4. The van der Waals surface area contributed by atoms with Gasteiger partial charge < -0.3 is 39.2 Å². The van der Waals surface area contributed by atoms with Crippen molar-refractivity contribution in [1.82, 2.24) is 44.4 Å². The van der Waals surface area contributed by atoms with Gasteiger partial charge in [-0.05, 0) is 36.1 Å². The summed E-state index contributed by atoms with van der Waals surface area (Å²) in [5.41, 5.74) is 8.07. The van der Waals surface area contributed by atoms with Crippen molar-refractivity contribution in [1.29, 1.82) is 5.26 Å². The van der Waals surface area contributed by atoms with E-state index in [1.165, 1.54) is 0 Å². The van der Waals surface area contributed by atoms with Gasteiger partial charge >= 0.3 is 5.97 Å². The predicted octanol–water partition coefficient (Wildman–Crippen LogP) is 3.98. The van der Waals surface area contributed by atoms with Crippen LogP contribution >= 0.6 is 0 Å². The van der Waals surface area contributed by atoms with Crippen LogP contribution in [0.15, 0.2) is 61.7 Å². The Kier molecular flexibility index (Phi) is 10.9. The van der Waals surface area contributed by atoms with E-state index in [1.807, 2.05) is 88.7 Å². The van der Waals surface area contributed by atoms with Crippen LogP contribution < -0.4 is 24.9 Å². The van der Waals surface area contributed by atoms with Gasteiger partial charge in [-0.25, -0.2) is 29.9 Å². The minimum atomic E-state index is -0.741. The third-order valence-corrected chi connectivity index (χ3v) is 10.7.